The molecule has 0 aliphatic carbocycles. The molecule has 0 saturated carbocycles. The summed E-state index contributed by atoms with van der Waals surface area (Å²) in [5.41, 5.74) is -4.27. The van der Waals surface area contributed by atoms with Gasteiger partial charge in [0.2, 0.25) is 0 Å². The first kappa shape index (κ1) is 22.6. The molecule has 0 radical (unpaired) electrons. The highest BCUT2D eigenvalue weighted by Gasteiger charge is 2.38. The molecular weight excluding hydrogens is 431 g/mol. The highest BCUT2D eigenvalue weighted by molar-refractivity contribution is 6.96. The molecule has 0 fully saturated rings. The van der Waals surface area contributed by atoms with E-state index in [2.05, 4.69) is 0 Å². The number of rotatable bonds is 4. The average molecular weight is 444 g/mol. The van der Waals surface area contributed by atoms with Crippen molar-refractivity contribution >= 4 is 23.1 Å². The van der Waals surface area contributed by atoms with E-state index in [0.29, 0.717) is 12.1 Å². The lowest BCUT2D eigenvalue weighted by Crippen LogP contribution is -2.58. The fraction of sp³-hybridized carbons (Fsp3) is 0.143. The van der Waals surface area contributed by atoms with E-state index in [4.69, 9.17) is 4.74 Å². The molecule has 0 atom stereocenters. The molecule has 0 N–H and O–H groups in total. The Morgan fingerprint density at radius 1 is 0.613 bits per heavy atom. The van der Waals surface area contributed by atoms with Gasteiger partial charge in [-0.25, -0.2) is 35.1 Å². The highest BCUT2D eigenvalue weighted by Crippen LogP contribution is 2.21. The maximum atomic E-state index is 15.0. The second kappa shape index (κ2) is 8.24. The van der Waals surface area contributed by atoms with Gasteiger partial charge in [0, 0.05) is 40.3 Å². The van der Waals surface area contributed by atoms with E-state index in [1.165, 1.54) is 0 Å². The SMILES string of the molecule is COc1c(F)cc(F)cc1B(c1c(F)cc(F)c(C)c1F)c1c(F)cc(F)c(C)c1F. The maximum Gasteiger partial charge on any atom is 0.261 e. The van der Waals surface area contributed by atoms with E-state index in [1.807, 2.05) is 0 Å². The zero-order valence-electron chi connectivity index (χ0n) is 16.3. The molecular formula is C21H13BF8O. The van der Waals surface area contributed by atoms with Crippen LogP contribution in [-0.2, 0) is 0 Å². The number of hydrogen-bond donors (Lipinski definition) is 0. The molecule has 0 saturated heterocycles. The van der Waals surface area contributed by atoms with Crippen molar-refractivity contribution in [1.29, 1.82) is 0 Å². The predicted octanol–water partition coefficient (Wildman–Crippen LogP) is 3.94. The van der Waals surface area contributed by atoms with Gasteiger partial charge in [-0.15, -0.1) is 0 Å². The van der Waals surface area contributed by atoms with Gasteiger partial charge in [-0.05, 0) is 25.4 Å². The summed E-state index contributed by atoms with van der Waals surface area (Å²) >= 11 is 0. The molecule has 162 valence electrons. The third-order valence-corrected chi connectivity index (χ3v) is 5.00. The third kappa shape index (κ3) is 3.75. The summed E-state index contributed by atoms with van der Waals surface area (Å²) in [7, 11) is 0.947. The van der Waals surface area contributed by atoms with E-state index in [1.54, 1.807) is 0 Å². The molecule has 0 aliphatic rings. The summed E-state index contributed by atoms with van der Waals surface area (Å²) in [5, 5.41) is 0. The zero-order valence-corrected chi connectivity index (χ0v) is 16.3. The van der Waals surface area contributed by atoms with Gasteiger partial charge < -0.3 is 4.74 Å². The summed E-state index contributed by atoms with van der Waals surface area (Å²) in [6.07, 6.45) is 0. The van der Waals surface area contributed by atoms with E-state index >= 15 is 0 Å². The molecule has 0 bridgehead atoms. The highest BCUT2D eigenvalue weighted by atomic mass is 19.2. The molecule has 0 aliphatic heterocycles. The van der Waals surface area contributed by atoms with Gasteiger partial charge in [0.25, 0.3) is 6.71 Å². The van der Waals surface area contributed by atoms with Crippen LogP contribution in [-0.4, -0.2) is 13.8 Å². The fourth-order valence-corrected chi connectivity index (χ4v) is 3.41. The van der Waals surface area contributed by atoms with Crippen LogP contribution in [0, 0.1) is 60.4 Å². The Kier molecular flexibility index (Phi) is 6.02. The van der Waals surface area contributed by atoms with Crippen LogP contribution >= 0.6 is 0 Å². The molecule has 0 heterocycles. The predicted molar refractivity (Wildman–Crippen MR) is 99.7 cm³/mol. The van der Waals surface area contributed by atoms with Crippen LogP contribution < -0.4 is 21.1 Å². The van der Waals surface area contributed by atoms with Crippen molar-refractivity contribution in [3.63, 3.8) is 0 Å². The minimum atomic E-state index is -2.18. The Hall–Kier alpha value is -3.04. The number of methoxy groups -OCH3 is 1. The Labute approximate surface area is 172 Å². The van der Waals surface area contributed by atoms with Gasteiger partial charge >= 0.3 is 0 Å². The summed E-state index contributed by atoms with van der Waals surface area (Å²) in [6.45, 7) is -0.299. The van der Waals surface area contributed by atoms with Crippen molar-refractivity contribution < 1.29 is 39.9 Å². The van der Waals surface area contributed by atoms with Crippen molar-refractivity contribution in [1.82, 2.24) is 0 Å². The van der Waals surface area contributed by atoms with Gasteiger partial charge in [-0.1, -0.05) is 0 Å². The maximum absolute atomic E-state index is 15.0. The summed E-state index contributed by atoms with van der Waals surface area (Å²) < 4.78 is 120. The normalized spacial score (nSPS) is 11.1. The minimum absolute atomic E-state index is 0.273. The lowest BCUT2D eigenvalue weighted by atomic mass is 9.35. The van der Waals surface area contributed by atoms with Gasteiger partial charge in [0.05, 0.1) is 7.11 Å². The number of benzene rings is 3. The first-order valence-corrected chi connectivity index (χ1v) is 8.80. The quantitative estimate of drug-likeness (QED) is 0.438. The molecule has 10 heteroatoms. The summed E-state index contributed by atoms with van der Waals surface area (Å²) in [4.78, 5) is 0. The van der Waals surface area contributed by atoms with Gasteiger partial charge in [-0.2, -0.15) is 0 Å². The lowest BCUT2D eigenvalue weighted by molar-refractivity contribution is 0.387. The molecule has 3 rings (SSSR count). The Bertz CT molecular complexity index is 1130. The zero-order chi connectivity index (χ0) is 23.2. The monoisotopic (exact) mass is 444 g/mol. The second-order valence-electron chi connectivity index (χ2n) is 6.83. The van der Waals surface area contributed by atoms with Crippen LogP contribution in [0.15, 0.2) is 24.3 Å². The Morgan fingerprint density at radius 2 is 1.06 bits per heavy atom. The standard InChI is InChI=1S/C21H13BF8O/c1-8-12(24)6-14(26)17(19(8)29)22(11-4-10(23)5-16(28)21(11)31-3)18-15(27)7-13(25)9(2)20(18)30/h4-7H,1-3H3. The van der Waals surface area contributed by atoms with Crippen molar-refractivity contribution in [3.05, 3.63) is 81.9 Å². The van der Waals surface area contributed by atoms with E-state index < -0.39 is 86.5 Å². The topological polar surface area (TPSA) is 9.23 Å². The van der Waals surface area contributed by atoms with E-state index in [9.17, 15) is 35.1 Å². The van der Waals surface area contributed by atoms with Crippen LogP contribution in [0.2, 0.25) is 0 Å². The van der Waals surface area contributed by atoms with Crippen LogP contribution in [0.25, 0.3) is 0 Å². The van der Waals surface area contributed by atoms with Crippen molar-refractivity contribution in [2.24, 2.45) is 0 Å². The lowest BCUT2D eigenvalue weighted by Gasteiger charge is -2.22. The molecule has 0 spiro atoms. The Morgan fingerprint density at radius 3 is 1.48 bits per heavy atom. The summed E-state index contributed by atoms with van der Waals surface area (Å²) in [5.74, 6) is -12.1. The minimum Gasteiger partial charge on any atom is -0.494 e. The van der Waals surface area contributed by atoms with E-state index in [-0.39, 0.29) is 12.1 Å². The summed E-state index contributed by atoms with van der Waals surface area (Å²) in [6, 6.07) is 1.51. The van der Waals surface area contributed by atoms with E-state index in [0.717, 1.165) is 21.0 Å². The van der Waals surface area contributed by atoms with Crippen LogP contribution in [0.5, 0.6) is 5.75 Å². The van der Waals surface area contributed by atoms with Crippen LogP contribution in [0.1, 0.15) is 11.1 Å². The number of hydrogen-bond acceptors (Lipinski definition) is 1. The fourth-order valence-electron chi connectivity index (χ4n) is 3.41. The average Bonchev–Trinajstić information content (AvgIpc) is 2.68. The Balaban J connectivity index is 2.54. The van der Waals surface area contributed by atoms with Gasteiger partial charge in [0.1, 0.15) is 46.5 Å². The molecule has 3 aromatic carbocycles. The van der Waals surface area contributed by atoms with Crippen molar-refractivity contribution in [3.8, 4) is 5.75 Å². The van der Waals surface area contributed by atoms with Crippen LogP contribution in [0.3, 0.4) is 0 Å². The second-order valence-corrected chi connectivity index (χ2v) is 6.83. The van der Waals surface area contributed by atoms with Gasteiger partial charge in [-0.3, -0.25) is 0 Å². The number of halogens is 8. The van der Waals surface area contributed by atoms with Crippen LogP contribution in [0.4, 0.5) is 35.1 Å². The first-order valence-electron chi connectivity index (χ1n) is 8.80. The molecule has 0 unspecified atom stereocenters. The molecule has 1 nitrogen and oxygen atoms in total. The first-order chi connectivity index (χ1) is 14.5. The molecule has 31 heavy (non-hydrogen) atoms. The number of ether oxygens (including phenoxy) is 1. The van der Waals surface area contributed by atoms with Crippen molar-refractivity contribution in [2.45, 2.75) is 13.8 Å². The molecule has 0 aromatic heterocycles. The van der Waals surface area contributed by atoms with Crippen molar-refractivity contribution in [2.75, 3.05) is 7.11 Å². The smallest absolute Gasteiger partial charge is 0.261 e. The van der Waals surface area contributed by atoms with Gasteiger partial charge in [0.15, 0.2) is 5.82 Å². The molecule has 3 aromatic rings. The largest absolute Gasteiger partial charge is 0.494 e. The molecule has 0 amide bonds. The third-order valence-electron chi connectivity index (χ3n) is 5.00.